The molecule has 0 radical (unpaired) electrons. The summed E-state index contributed by atoms with van der Waals surface area (Å²) in [6.07, 6.45) is 3.88. The normalized spacial score (nSPS) is 10.6. The molecule has 102 valence electrons. The molecule has 0 aliphatic rings. The smallest absolute Gasteiger partial charge is 0.149 e. The molecule has 0 aliphatic carbocycles. The van der Waals surface area contributed by atoms with Crippen molar-refractivity contribution in [3.8, 4) is 0 Å². The minimum absolute atomic E-state index is 0.832. The van der Waals surface area contributed by atoms with Gasteiger partial charge in [0.05, 0.1) is 0 Å². The van der Waals surface area contributed by atoms with E-state index in [2.05, 4.69) is 27.2 Å². The molecule has 0 aromatic carbocycles. The minimum atomic E-state index is 0.832. The van der Waals surface area contributed by atoms with Gasteiger partial charge in [0.2, 0.25) is 0 Å². The van der Waals surface area contributed by atoms with Gasteiger partial charge in [0.1, 0.15) is 16.0 Å². The average Bonchev–Trinajstić information content (AvgIpc) is 2.91. The van der Waals surface area contributed by atoms with E-state index in [0.717, 1.165) is 46.8 Å². The zero-order chi connectivity index (χ0) is 13.5. The molecule has 2 heterocycles. The van der Waals surface area contributed by atoms with Crippen LogP contribution in [0.4, 0.5) is 5.82 Å². The third-order valence-corrected chi connectivity index (χ3v) is 4.57. The molecule has 0 saturated carbocycles. The van der Waals surface area contributed by atoms with E-state index in [0.29, 0.717) is 0 Å². The number of hydrogen-bond donors (Lipinski definition) is 1. The van der Waals surface area contributed by atoms with Gasteiger partial charge in [0.25, 0.3) is 0 Å². The summed E-state index contributed by atoms with van der Waals surface area (Å²) >= 11 is 3.50. The average molecular weight is 294 g/mol. The molecule has 0 spiro atoms. The molecule has 0 atom stereocenters. The highest BCUT2D eigenvalue weighted by molar-refractivity contribution is 8.00. The van der Waals surface area contributed by atoms with Crippen LogP contribution >= 0.6 is 23.1 Å². The molecule has 2 aromatic heterocycles. The summed E-state index contributed by atoms with van der Waals surface area (Å²) in [7, 11) is 0. The molecule has 0 aliphatic heterocycles. The number of anilines is 1. The van der Waals surface area contributed by atoms with E-state index in [-0.39, 0.29) is 0 Å². The number of thiazole rings is 1. The van der Waals surface area contributed by atoms with Crippen molar-refractivity contribution in [1.29, 1.82) is 0 Å². The first kappa shape index (κ1) is 14.3. The minimum Gasteiger partial charge on any atom is -0.370 e. The Morgan fingerprint density at radius 3 is 3.00 bits per heavy atom. The Balaban J connectivity index is 1.72. The molecule has 1 N–H and O–H groups in total. The number of thioether (sulfide) groups is 1. The Morgan fingerprint density at radius 2 is 2.26 bits per heavy atom. The van der Waals surface area contributed by atoms with Gasteiger partial charge in [-0.15, -0.1) is 11.3 Å². The van der Waals surface area contributed by atoms with Gasteiger partial charge in [0, 0.05) is 35.6 Å². The summed E-state index contributed by atoms with van der Waals surface area (Å²) in [6, 6.07) is 2.03. The predicted octanol–water partition coefficient (Wildman–Crippen LogP) is 3.40. The molecule has 6 heteroatoms. The molecular weight excluding hydrogens is 276 g/mol. The van der Waals surface area contributed by atoms with Crippen LogP contribution in [0.1, 0.15) is 24.9 Å². The van der Waals surface area contributed by atoms with Crippen molar-refractivity contribution in [1.82, 2.24) is 15.0 Å². The Kier molecular flexibility index (Phi) is 5.60. The zero-order valence-corrected chi connectivity index (χ0v) is 12.9. The van der Waals surface area contributed by atoms with Crippen LogP contribution in [0.15, 0.2) is 22.0 Å². The van der Waals surface area contributed by atoms with Gasteiger partial charge in [-0.05, 0) is 19.8 Å². The largest absolute Gasteiger partial charge is 0.370 e. The topological polar surface area (TPSA) is 50.7 Å². The van der Waals surface area contributed by atoms with E-state index in [1.165, 1.54) is 0 Å². The molecule has 0 saturated heterocycles. The maximum Gasteiger partial charge on any atom is 0.149 e. The van der Waals surface area contributed by atoms with Crippen molar-refractivity contribution >= 4 is 28.9 Å². The van der Waals surface area contributed by atoms with Crippen molar-refractivity contribution in [2.24, 2.45) is 0 Å². The first-order valence-corrected chi connectivity index (χ1v) is 8.25. The Morgan fingerprint density at radius 1 is 1.37 bits per heavy atom. The third kappa shape index (κ3) is 4.80. The quantitative estimate of drug-likeness (QED) is 0.626. The summed E-state index contributed by atoms with van der Waals surface area (Å²) in [6.45, 7) is 4.97. The first-order valence-electron chi connectivity index (χ1n) is 6.38. The Labute approximate surface area is 122 Å². The molecule has 2 rings (SSSR count). The summed E-state index contributed by atoms with van der Waals surface area (Å²) < 4.78 is 1.14. The molecular formula is C13H18N4S2. The number of hydrogen-bond acceptors (Lipinski definition) is 6. The second kappa shape index (κ2) is 7.45. The first-order chi connectivity index (χ1) is 9.28. The van der Waals surface area contributed by atoms with Crippen LogP contribution in [-0.4, -0.2) is 27.2 Å². The van der Waals surface area contributed by atoms with E-state index >= 15 is 0 Å². The van der Waals surface area contributed by atoms with Gasteiger partial charge in [-0.1, -0.05) is 18.7 Å². The summed E-state index contributed by atoms with van der Waals surface area (Å²) in [5, 5.41) is 5.37. The number of aromatic nitrogens is 3. The standard InChI is InChI=1S/C13H18N4S2/c1-3-11-9-12(17-10(2)16-11)14-5-4-7-18-13-15-6-8-19-13/h6,8-9H,3-5,7H2,1-2H3,(H,14,16,17). The van der Waals surface area contributed by atoms with Crippen molar-refractivity contribution in [3.63, 3.8) is 0 Å². The van der Waals surface area contributed by atoms with E-state index in [9.17, 15) is 0 Å². The Hall–Kier alpha value is -1.14. The molecule has 19 heavy (non-hydrogen) atoms. The lowest BCUT2D eigenvalue weighted by molar-refractivity contribution is 0.926. The van der Waals surface area contributed by atoms with Crippen LogP contribution in [0, 0.1) is 6.92 Å². The maximum absolute atomic E-state index is 4.39. The zero-order valence-electron chi connectivity index (χ0n) is 11.2. The third-order valence-electron chi connectivity index (χ3n) is 2.52. The second-order valence-corrected chi connectivity index (χ2v) is 6.31. The number of nitrogens with zero attached hydrogens (tertiary/aromatic N) is 3. The Bertz CT molecular complexity index is 499. The second-order valence-electron chi connectivity index (χ2n) is 4.07. The van der Waals surface area contributed by atoms with Crippen molar-refractivity contribution in [3.05, 3.63) is 29.2 Å². The lowest BCUT2D eigenvalue weighted by atomic mass is 10.3. The number of rotatable bonds is 7. The van der Waals surface area contributed by atoms with Gasteiger partial charge >= 0.3 is 0 Å². The van der Waals surface area contributed by atoms with E-state index in [1.54, 1.807) is 11.3 Å². The molecule has 0 unspecified atom stereocenters. The summed E-state index contributed by atoms with van der Waals surface area (Å²) in [5.41, 5.74) is 1.09. The fourth-order valence-electron chi connectivity index (χ4n) is 1.63. The van der Waals surface area contributed by atoms with Gasteiger partial charge < -0.3 is 5.32 Å². The van der Waals surface area contributed by atoms with Crippen LogP contribution in [0.3, 0.4) is 0 Å². The lowest BCUT2D eigenvalue weighted by Gasteiger charge is -2.07. The van der Waals surface area contributed by atoms with Gasteiger partial charge in [0.15, 0.2) is 0 Å². The summed E-state index contributed by atoms with van der Waals surface area (Å²) in [4.78, 5) is 13.0. The van der Waals surface area contributed by atoms with Crippen molar-refractivity contribution in [2.75, 3.05) is 17.6 Å². The van der Waals surface area contributed by atoms with Gasteiger partial charge in [-0.3, -0.25) is 0 Å². The van der Waals surface area contributed by atoms with Crippen LogP contribution in [0.5, 0.6) is 0 Å². The van der Waals surface area contributed by atoms with Gasteiger partial charge in [-0.25, -0.2) is 15.0 Å². The molecule has 2 aromatic rings. The maximum atomic E-state index is 4.39. The number of aryl methyl sites for hydroxylation is 2. The molecule has 0 bridgehead atoms. The highest BCUT2D eigenvalue weighted by Gasteiger charge is 2.00. The lowest BCUT2D eigenvalue weighted by Crippen LogP contribution is -2.06. The summed E-state index contributed by atoms with van der Waals surface area (Å²) in [5.74, 6) is 2.84. The highest BCUT2D eigenvalue weighted by atomic mass is 32.2. The van der Waals surface area contributed by atoms with E-state index in [4.69, 9.17) is 0 Å². The van der Waals surface area contributed by atoms with E-state index < -0.39 is 0 Å². The van der Waals surface area contributed by atoms with Gasteiger partial charge in [-0.2, -0.15) is 0 Å². The molecule has 0 amide bonds. The fourth-order valence-corrected chi connectivity index (χ4v) is 3.28. The van der Waals surface area contributed by atoms with Crippen LogP contribution in [0.2, 0.25) is 0 Å². The number of nitrogens with one attached hydrogen (secondary N) is 1. The predicted molar refractivity (Wildman–Crippen MR) is 82.1 cm³/mol. The van der Waals surface area contributed by atoms with Crippen LogP contribution in [-0.2, 0) is 6.42 Å². The molecule has 4 nitrogen and oxygen atoms in total. The van der Waals surface area contributed by atoms with Crippen molar-refractivity contribution in [2.45, 2.75) is 31.0 Å². The fraction of sp³-hybridized carbons (Fsp3) is 0.462. The molecule has 0 fully saturated rings. The van der Waals surface area contributed by atoms with Crippen LogP contribution in [0.25, 0.3) is 0 Å². The van der Waals surface area contributed by atoms with Crippen molar-refractivity contribution < 1.29 is 0 Å². The highest BCUT2D eigenvalue weighted by Crippen LogP contribution is 2.20. The monoisotopic (exact) mass is 294 g/mol. The van der Waals surface area contributed by atoms with E-state index in [1.807, 2.05) is 36.3 Å². The SMILES string of the molecule is CCc1cc(NCCCSc2nccs2)nc(C)n1. The van der Waals surface area contributed by atoms with Crippen LogP contribution < -0.4 is 5.32 Å².